The van der Waals surface area contributed by atoms with Crippen molar-refractivity contribution in [2.75, 3.05) is 18.9 Å². The number of hydrogen-bond donors (Lipinski definition) is 2. The topological polar surface area (TPSA) is 245 Å². The summed E-state index contributed by atoms with van der Waals surface area (Å²) in [5.74, 6) is 0. The van der Waals surface area contributed by atoms with Crippen LogP contribution in [0.5, 0.6) is 0 Å². The van der Waals surface area contributed by atoms with Gasteiger partial charge in [-0.15, -0.1) is 0 Å². The van der Waals surface area contributed by atoms with E-state index in [2.05, 4.69) is 0 Å². The molecule has 1 fully saturated rings. The number of nitrogens with zero attached hydrogens (tertiary/aromatic N) is 1. The molecule has 4 N–H and O–H groups in total. The molecule has 16 heteroatoms. The maximum atomic E-state index is 10.3. The molecule has 1 saturated carbocycles. The molecular formula is C9H20N3O9P3Pt-4. The molecule has 0 aliphatic heterocycles. The van der Waals surface area contributed by atoms with E-state index in [-0.39, 0.29) is 38.0 Å². The Balaban J connectivity index is 0. The Bertz CT molecular complexity index is 455. The molecule has 0 bridgehead atoms. The first kappa shape index (κ1) is 28.2. The Morgan fingerprint density at radius 1 is 0.720 bits per heavy atom. The van der Waals surface area contributed by atoms with E-state index < -0.39 is 41.6 Å². The summed E-state index contributed by atoms with van der Waals surface area (Å²) in [4.78, 5) is 61.5. The summed E-state index contributed by atoms with van der Waals surface area (Å²) in [5.41, 5.74) is 11.3. The first-order chi connectivity index (χ1) is 10.6. The molecule has 0 aromatic heterocycles. The molecule has 0 aromatic rings. The number of nitrogens with two attached hydrogens (primary N) is 2. The molecule has 154 valence electrons. The molecule has 1 aliphatic rings. The summed E-state index contributed by atoms with van der Waals surface area (Å²) in [7, 11) is -15.8. The standard InChI is InChI=1S/C6H14N2.C3H12NO9P3.Pt/c7-5-3-1-2-4-6(5)8;5-14(6,7)1-4(2-15(8,9)10)3-16(11,12)13;/h5-6H,1-4,7-8H2;1-3H2,(H2,5,6,7)(H2,8,9,10)(H2,11,12,13);/q;;+2/p-6/t5-,6+;;. The van der Waals surface area contributed by atoms with Gasteiger partial charge in [0.05, 0.1) is 0 Å². The van der Waals surface area contributed by atoms with Crippen molar-refractivity contribution in [2.24, 2.45) is 11.5 Å². The first-order valence-electron chi connectivity index (χ1n) is 6.86. The van der Waals surface area contributed by atoms with Crippen molar-refractivity contribution >= 4 is 22.8 Å². The normalized spacial score (nSPS) is 22.0. The second kappa shape index (κ2) is 11.8. The largest absolute Gasteiger partial charge is 2.00 e. The molecule has 0 radical (unpaired) electrons. The molecular weight excluding hydrogens is 582 g/mol. The smallest absolute Gasteiger partial charge is 0.810 e. The van der Waals surface area contributed by atoms with Gasteiger partial charge in [-0.3, -0.25) is 4.90 Å². The molecule has 0 amide bonds. The third-order valence-corrected chi connectivity index (χ3v) is 5.23. The summed E-state index contributed by atoms with van der Waals surface area (Å²) in [6.45, 7) is 0. The fourth-order valence-corrected chi connectivity index (χ4v) is 4.60. The molecule has 0 unspecified atom stereocenters. The van der Waals surface area contributed by atoms with Crippen LogP contribution in [0.25, 0.3) is 0 Å². The van der Waals surface area contributed by atoms with Crippen molar-refractivity contribution in [3.05, 3.63) is 0 Å². The van der Waals surface area contributed by atoms with Gasteiger partial charge in [-0.05, 0) is 12.8 Å². The fraction of sp³-hybridized carbons (Fsp3) is 1.00. The summed E-state index contributed by atoms with van der Waals surface area (Å²) in [6.07, 6.45) is 0.244. The second-order valence-corrected chi connectivity index (χ2v) is 10.1. The van der Waals surface area contributed by atoms with Gasteiger partial charge >= 0.3 is 21.1 Å². The van der Waals surface area contributed by atoms with E-state index in [1.54, 1.807) is 0 Å². The summed E-state index contributed by atoms with van der Waals surface area (Å²) in [5, 5.41) is 0. The summed E-state index contributed by atoms with van der Waals surface area (Å²) < 4.78 is 30.8. The molecule has 0 heterocycles. The van der Waals surface area contributed by atoms with Gasteiger partial charge in [-0.25, -0.2) is 0 Å². The van der Waals surface area contributed by atoms with Gasteiger partial charge in [0.25, 0.3) is 0 Å². The zero-order valence-electron chi connectivity index (χ0n) is 13.0. The van der Waals surface area contributed by atoms with Gasteiger partial charge in [0.15, 0.2) is 0 Å². The number of rotatable bonds is 6. The van der Waals surface area contributed by atoms with Crippen molar-refractivity contribution in [2.45, 2.75) is 37.8 Å². The minimum absolute atomic E-state index is 0. The maximum Gasteiger partial charge on any atom is 2.00 e. The van der Waals surface area contributed by atoms with Crippen LogP contribution in [0.2, 0.25) is 0 Å². The Hall–Kier alpha value is 1.02. The van der Waals surface area contributed by atoms with Gasteiger partial charge in [0.2, 0.25) is 0 Å². The molecule has 2 atom stereocenters. The predicted molar refractivity (Wildman–Crippen MR) is 73.7 cm³/mol. The Morgan fingerprint density at radius 2 is 0.960 bits per heavy atom. The molecule has 1 rings (SSSR count). The summed E-state index contributed by atoms with van der Waals surface area (Å²) in [6, 6.07) is 0.562. The summed E-state index contributed by atoms with van der Waals surface area (Å²) >= 11 is 0. The molecule has 0 saturated heterocycles. The molecule has 12 nitrogen and oxygen atoms in total. The average Bonchev–Trinajstić information content (AvgIpc) is 2.26. The van der Waals surface area contributed by atoms with E-state index in [1.807, 2.05) is 0 Å². The van der Waals surface area contributed by atoms with Gasteiger partial charge in [-0.1, -0.05) is 35.6 Å². The van der Waals surface area contributed by atoms with Crippen LogP contribution >= 0.6 is 22.8 Å². The average molecular weight is 602 g/mol. The van der Waals surface area contributed by atoms with Crippen molar-refractivity contribution in [1.29, 1.82) is 0 Å². The predicted octanol–water partition coefficient (Wildman–Crippen LogP) is -4.89. The van der Waals surface area contributed by atoms with Crippen LogP contribution in [0.3, 0.4) is 0 Å². The first-order valence-corrected chi connectivity index (χ1v) is 12.0. The van der Waals surface area contributed by atoms with Crippen molar-refractivity contribution in [3.63, 3.8) is 0 Å². The Morgan fingerprint density at radius 3 is 1.12 bits per heavy atom. The Labute approximate surface area is 160 Å². The monoisotopic (exact) mass is 602 g/mol. The molecule has 0 aromatic carbocycles. The third kappa shape index (κ3) is 18.2. The molecule has 25 heavy (non-hydrogen) atoms. The third-order valence-electron chi connectivity index (χ3n) is 2.99. The van der Waals surface area contributed by atoms with E-state index in [1.165, 1.54) is 12.8 Å². The number of hydrogen-bond acceptors (Lipinski definition) is 12. The van der Waals surface area contributed by atoms with Gasteiger partial charge in [-0.2, -0.15) is 0 Å². The van der Waals surface area contributed by atoms with Crippen molar-refractivity contribution in [1.82, 2.24) is 4.90 Å². The van der Waals surface area contributed by atoms with Crippen molar-refractivity contribution < 1.29 is 64.1 Å². The van der Waals surface area contributed by atoms with Gasteiger partial charge in [0.1, 0.15) is 0 Å². The minimum Gasteiger partial charge on any atom is -0.810 e. The molecule has 0 spiro atoms. The van der Waals surface area contributed by atoms with Crippen molar-refractivity contribution in [3.8, 4) is 0 Å². The van der Waals surface area contributed by atoms with E-state index in [0.717, 1.165) is 12.8 Å². The molecule has 1 aliphatic carbocycles. The minimum atomic E-state index is -5.27. The van der Waals surface area contributed by atoms with Crippen LogP contribution < -0.4 is 40.8 Å². The van der Waals surface area contributed by atoms with Crippen LogP contribution in [0, 0.1) is 0 Å². The zero-order valence-corrected chi connectivity index (χ0v) is 18.0. The van der Waals surface area contributed by atoms with Crippen LogP contribution in [-0.2, 0) is 34.8 Å². The van der Waals surface area contributed by atoms with Gasteiger partial charge in [0, 0.05) is 30.9 Å². The fourth-order valence-electron chi connectivity index (χ4n) is 2.06. The van der Waals surface area contributed by atoms with E-state index in [4.69, 9.17) is 11.5 Å². The van der Waals surface area contributed by atoms with Gasteiger partial charge < -0.3 is 54.5 Å². The van der Waals surface area contributed by atoms with Crippen LogP contribution in [-0.4, -0.2) is 35.8 Å². The SMILES string of the molecule is N[C@@H]1CCCC[C@@H]1N.O=P([O-])([O-])CN(CP(=O)([O-])[O-])CP(=O)([O-])[O-].[Pt+2]. The van der Waals surface area contributed by atoms with Crippen LogP contribution in [0.15, 0.2) is 0 Å². The van der Waals surface area contributed by atoms with Crippen LogP contribution in [0.1, 0.15) is 25.7 Å². The quantitative estimate of drug-likeness (QED) is 0.272. The Kier molecular flexibility index (Phi) is 13.3. The zero-order chi connectivity index (χ0) is 19.2. The van der Waals surface area contributed by atoms with E-state index >= 15 is 0 Å². The maximum absolute atomic E-state index is 10.3. The van der Waals surface area contributed by atoms with E-state index in [9.17, 15) is 43.1 Å². The van der Waals surface area contributed by atoms with Crippen LogP contribution in [0.4, 0.5) is 0 Å². The van der Waals surface area contributed by atoms with E-state index in [0.29, 0.717) is 0 Å². The second-order valence-electron chi connectivity index (χ2n) is 5.54.